The molecule has 1 fully saturated rings. The molecule has 2 atom stereocenters. The van der Waals surface area contributed by atoms with Crippen LogP contribution in [0.2, 0.25) is 0 Å². The van der Waals surface area contributed by atoms with E-state index in [1.807, 2.05) is 6.92 Å². The Morgan fingerprint density at radius 1 is 1.35 bits per heavy atom. The van der Waals surface area contributed by atoms with Crippen LogP contribution in [0.1, 0.15) is 38.2 Å². The van der Waals surface area contributed by atoms with Crippen LogP contribution in [0.5, 0.6) is 0 Å². The van der Waals surface area contributed by atoms with Crippen LogP contribution in [0.25, 0.3) is 0 Å². The van der Waals surface area contributed by atoms with Gasteiger partial charge in [0.25, 0.3) is 0 Å². The molecule has 2 rings (SSSR count). The van der Waals surface area contributed by atoms with Gasteiger partial charge in [-0.3, -0.25) is 0 Å². The van der Waals surface area contributed by atoms with Gasteiger partial charge in [0.05, 0.1) is 6.10 Å². The Balaban J connectivity index is 1.98. The molecule has 1 N–H and O–H groups in total. The number of likely N-dealkylation sites (N-methyl/N-ethyl adjacent to an activating group) is 1. The van der Waals surface area contributed by atoms with E-state index in [-0.39, 0.29) is 23.8 Å². The summed E-state index contributed by atoms with van der Waals surface area (Å²) in [6.07, 6.45) is 4.97. The van der Waals surface area contributed by atoms with Crippen molar-refractivity contribution in [2.75, 3.05) is 13.2 Å². The third-order valence-corrected chi connectivity index (χ3v) is 3.79. The SMILES string of the molecule is CCNC(Cc1cc(F)ccc1F)CC1CCCCO1. The number of benzene rings is 1. The fraction of sp³-hybridized carbons (Fsp3) is 0.625. The lowest BCUT2D eigenvalue weighted by atomic mass is 9.96. The van der Waals surface area contributed by atoms with Crippen molar-refractivity contribution in [1.82, 2.24) is 5.32 Å². The highest BCUT2D eigenvalue weighted by atomic mass is 19.1. The number of hydrogen-bond acceptors (Lipinski definition) is 2. The third-order valence-electron chi connectivity index (χ3n) is 3.79. The van der Waals surface area contributed by atoms with E-state index in [2.05, 4.69) is 5.32 Å². The highest BCUT2D eigenvalue weighted by molar-refractivity contribution is 5.19. The molecule has 0 bridgehead atoms. The van der Waals surface area contributed by atoms with Gasteiger partial charge in [0.15, 0.2) is 0 Å². The number of hydrogen-bond donors (Lipinski definition) is 1. The molecule has 1 aliphatic heterocycles. The van der Waals surface area contributed by atoms with E-state index >= 15 is 0 Å². The van der Waals surface area contributed by atoms with E-state index in [4.69, 9.17) is 4.74 Å². The Morgan fingerprint density at radius 3 is 2.90 bits per heavy atom. The molecule has 0 aromatic heterocycles. The van der Waals surface area contributed by atoms with Crippen molar-refractivity contribution in [3.63, 3.8) is 0 Å². The van der Waals surface area contributed by atoms with E-state index in [0.29, 0.717) is 12.0 Å². The minimum Gasteiger partial charge on any atom is -0.378 e. The van der Waals surface area contributed by atoms with E-state index in [1.54, 1.807) is 0 Å². The first-order chi connectivity index (χ1) is 9.69. The van der Waals surface area contributed by atoms with Crippen LogP contribution in [-0.2, 0) is 11.2 Å². The maximum Gasteiger partial charge on any atom is 0.126 e. The molecule has 0 amide bonds. The molecule has 1 aliphatic rings. The molecule has 2 unspecified atom stereocenters. The molecule has 0 aliphatic carbocycles. The summed E-state index contributed by atoms with van der Waals surface area (Å²) in [5.41, 5.74) is 0.437. The van der Waals surface area contributed by atoms with Crippen molar-refractivity contribution < 1.29 is 13.5 Å². The molecule has 2 nitrogen and oxygen atoms in total. The lowest BCUT2D eigenvalue weighted by Crippen LogP contribution is -2.36. The predicted molar refractivity (Wildman–Crippen MR) is 75.7 cm³/mol. The number of rotatable bonds is 6. The van der Waals surface area contributed by atoms with Crippen LogP contribution in [0.4, 0.5) is 8.78 Å². The second kappa shape index (κ2) is 7.70. The highest BCUT2D eigenvalue weighted by Crippen LogP contribution is 2.20. The Bertz CT molecular complexity index is 419. The summed E-state index contributed by atoms with van der Waals surface area (Å²) in [4.78, 5) is 0. The molecule has 20 heavy (non-hydrogen) atoms. The van der Waals surface area contributed by atoms with Gasteiger partial charge in [0.2, 0.25) is 0 Å². The zero-order valence-electron chi connectivity index (χ0n) is 12.0. The third kappa shape index (κ3) is 4.53. The van der Waals surface area contributed by atoms with Gasteiger partial charge in [0.1, 0.15) is 11.6 Å². The molecule has 112 valence electrons. The van der Waals surface area contributed by atoms with E-state index < -0.39 is 0 Å². The Hall–Kier alpha value is -1.00. The largest absolute Gasteiger partial charge is 0.378 e. The minimum absolute atomic E-state index is 0.124. The van der Waals surface area contributed by atoms with E-state index in [9.17, 15) is 8.78 Å². The van der Waals surface area contributed by atoms with Gasteiger partial charge in [-0.15, -0.1) is 0 Å². The summed E-state index contributed by atoms with van der Waals surface area (Å²) in [5.74, 6) is -0.718. The Labute approximate surface area is 119 Å². The topological polar surface area (TPSA) is 21.3 Å². The van der Waals surface area contributed by atoms with Crippen LogP contribution in [-0.4, -0.2) is 25.3 Å². The van der Waals surface area contributed by atoms with Gasteiger partial charge in [-0.05, 0) is 62.4 Å². The fourth-order valence-corrected chi connectivity index (χ4v) is 2.80. The van der Waals surface area contributed by atoms with Crippen LogP contribution in [0.3, 0.4) is 0 Å². The minimum atomic E-state index is -0.384. The smallest absolute Gasteiger partial charge is 0.126 e. The maximum absolute atomic E-state index is 13.7. The second-order valence-electron chi connectivity index (χ2n) is 5.42. The molecular weight excluding hydrogens is 260 g/mol. The predicted octanol–water partition coefficient (Wildman–Crippen LogP) is 3.44. The first-order valence-corrected chi connectivity index (χ1v) is 7.48. The quantitative estimate of drug-likeness (QED) is 0.863. The van der Waals surface area contributed by atoms with Crippen molar-refractivity contribution in [3.8, 4) is 0 Å². The summed E-state index contributed by atoms with van der Waals surface area (Å²) < 4.78 is 32.7. The zero-order valence-corrected chi connectivity index (χ0v) is 12.0. The average Bonchev–Trinajstić information content (AvgIpc) is 2.44. The van der Waals surface area contributed by atoms with E-state index in [1.165, 1.54) is 18.6 Å². The van der Waals surface area contributed by atoms with Crippen molar-refractivity contribution in [2.24, 2.45) is 0 Å². The van der Waals surface area contributed by atoms with Crippen LogP contribution in [0.15, 0.2) is 18.2 Å². The second-order valence-corrected chi connectivity index (χ2v) is 5.42. The number of nitrogens with one attached hydrogen (secondary N) is 1. The van der Waals surface area contributed by atoms with Gasteiger partial charge in [0, 0.05) is 12.6 Å². The van der Waals surface area contributed by atoms with Gasteiger partial charge >= 0.3 is 0 Å². The van der Waals surface area contributed by atoms with Gasteiger partial charge in [-0.25, -0.2) is 8.78 Å². The molecule has 1 heterocycles. The fourth-order valence-electron chi connectivity index (χ4n) is 2.80. The summed E-state index contributed by atoms with van der Waals surface area (Å²) in [7, 11) is 0. The van der Waals surface area contributed by atoms with Gasteiger partial charge in [-0.2, -0.15) is 0 Å². The first kappa shape index (κ1) is 15.4. The normalized spacial score (nSPS) is 20.9. The lowest BCUT2D eigenvalue weighted by molar-refractivity contribution is 0.00530. The van der Waals surface area contributed by atoms with Gasteiger partial charge < -0.3 is 10.1 Å². The first-order valence-electron chi connectivity index (χ1n) is 7.48. The van der Waals surface area contributed by atoms with Crippen LogP contribution < -0.4 is 5.32 Å². The van der Waals surface area contributed by atoms with Crippen LogP contribution >= 0.6 is 0 Å². The molecular formula is C16H23F2NO. The lowest BCUT2D eigenvalue weighted by Gasteiger charge is -2.27. The molecule has 0 saturated carbocycles. The van der Waals surface area contributed by atoms with Crippen molar-refractivity contribution in [1.29, 1.82) is 0 Å². The summed E-state index contributed by atoms with van der Waals surface area (Å²) in [6.45, 7) is 3.66. The standard InChI is InChI=1S/C16H23F2NO/c1-2-19-14(11-15-5-3-4-8-20-15)10-12-9-13(17)6-7-16(12)18/h6-7,9,14-15,19H,2-5,8,10-11H2,1H3. The molecule has 1 saturated heterocycles. The summed E-state index contributed by atoms with van der Waals surface area (Å²) in [5, 5.41) is 3.36. The molecule has 0 spiro atoms. The van der Waals surface area contributed by atoms with Crippen molar-refractivity contribution in [2.45, 2.75) is 51.2 Å². The average molecular weight is 283 g/mol. The van der Waals surface area contributed by atoms with E-state index in [0.717, 1.165) is 38.5 Å². The molecule has 1 aromatic carbocycles. The number of halogens is 2. The van der Waals surface area contributed by atoms with Crippen LogP contribution in [0, 0.1) is 11.6 Å². The molecule has 1 aromatic rings. The molecule has 4 heteroatoms. The summed E-state index contributed by atoms with van der Waals surface area (Å²) >= 11 is 0. The molecule has 0 radical (unpaired) electrons. The van der Waals surface area contributed by atoms with Gasteiger partial charge in [-0.1, -0.05) is 6.92 Å². The summed E-state index contributed by atoms with van der Waals surface area (Å²) in [6, 6.07) is 3.77. The zero-order chi connectivity index (χ0) is 14.4. The van der Waals surface area contributed by atoms with Crippen molar-refractivity contribution >= 4 is 0 Å². The monoisotopic (exact) mass is 283 g/mol. The highest BCUT2D eigenvalue weighted by Gasteiger charge is 2.20. The maximum atomic E-state index is 13.7. The van der Waals surface area contributed by atoms with Crippen molar-refractivity contribution in [3.05, 3.63) is 35.4 Å². The Morgan fingerprint density at radius 2 is 2.20 bits per heavy atom. The Kier molecular flexibility index (Phi) is 5.92. The number of ether oxygens (including phenoxy) is 1.